The molecule has 1 aromatic heterocycles. The molecule has 0 radical (unpaired) electrons. The van der Waals surface area contributed by atoms with Crippen molar-refractivity contribution in [2.75, 3.05) is 0 Å². The van der Waals surface area contributed by atoms with Crippen molar-refractivity contribution < 1.29 is 14.0 Å². The van der Waals surface area contributed by atoms with Gasteiger partial charge in [0.1, 0.15) is 5.82 Å². The van der Waals surface area contributed by atoms with E-state index in [1.54, 1.807) is 42.5 Å². The van der Waals surface area contributed by atoms with E-state index in [4.69, 9.17) is 0 Å². The summed E-state index contributed by atoms with van der Waals surface area (Å²) in [6.45, 7) is 1.89. The molecule has 3 aromatic rings. The highest BCUT2D eigenvalue weighted by Crippen LogP contribution is 2.28. The number of amides is 2. The van der Waals surface area contributed by atoms with Gasteiger partial charge in [-0.25, -0.2) is 4.39 Å². The zero-order chi connectivity index (χ0) is 17.8. The molecule has 2 N–H and O–H groups in total. The van der Waals surface area contributed by atoms with Crippen LogP contribution in [0.5, 0.6) is 0 Å². The van der Waals surface area contributed by atoms with Gasteiger partial charge >= 0.3 is 0 Å². The van der Waals surface area contributed by atoms with Crippen molar-refractivity contribution in [3.05, 3.63) is 82.5 Å². The predicted octanol–water partition coefficient (Wildman–Crippen LogP) is 3.94. The minimum atomic E-state index is -0.403. The first kappa shape index (κ1) is 16.9. The Kier molecular flexibility index (Phi) is 4.90. The summed E-state index contributed by atoms with van der Waals surface area (Å²) in [7, 11) is 0. The lowest BCUT2D eigenvalue weighted by atomic mass is 10.1. The first-order chi connectivity index (χ1) is 12.0. The maximum Gasteiger partial charge on any atom is 0.279 e. The van der Waals surface area contributed by atoms with Crippen LogP contribution in [0.1, 0.15) is 25.6 Å². The minimum absolute atomic E-state index is 0.308. The molecule has 2 aromatic carbocycles. The summed E-state index contributed by atoms with van der Waals surface area (Å²) < 4.78 is 13.0. The average molecular weight is 354 g/mol. The molecule has 0 atom stereocenters. The summed E-state index contributed by atoms with van der Waals surface area (Å²) in [5.41, 5.74) is 7.06. The summed E-state index contributed by atoms with van der Waals surface area (Å²) in [5, 5.41) is 0. The van der Waals surface area contributed by atoms with Crippen molar-refractivity contribution in [3.8, 4) is 10.4 Å². The number of halogens is 1. The Morgan fingerprint density at radius 3 is 2.36 bits per heavy atom. The van der Waals surface area contributed by atoms with Crippen LogP contribution in [-0.2, 0) is 0 Å². The Balaban J connectivity index is 1.64. The maximum absolute atomic E-state index is 13.0. The number of hydrogen-bond donors (Lipinski definition) is 2. The molecule has 0 aliphatic rings. The second kappa shape index (κ2) is 7.27. The van der Waals surface area contributed by atoms with E-state index in [0.717, 1.165) is 16.0 Å². The van der Waals surface area contributed by atoms with Crippen molar-refractivity contribution in [1.29, 1.82) is 0 Å². The van der Waals surface area contributed by atoms with E-state index in [0.29, 0.717) is 10.4 Å². The van der Waals surface area contributed by atoms with Crippen LogP contribution >= 0.6 is 11.3 Å². The van der Waals surface area contributed by atoms with E-state index >= 15 is 0 Å². The quantitative estimate of drug-likeness (QED) is 0.700. The van der Waals surface area contributed by atoms with Gasteiger partial charge in [-0.3, -0.25) is 20.4 Å². The Labute approximate surface area is 148 Å². The number of rotatable bonds is 3. The normalized spacial score (nSPS) is 10.3. The Morgan fingerprint density at radius 1 is 0.920 bits per heavy atom. The standard InChI is InChI=1S/C19H15FN2O2S/c1-12-3-2-4-14(11-12)18(23)21-22-19(24)17-10-9-16(25-17)13-5-7-15(20)8-6-13/h2-11H,1H3,(H,21,23)(H,22,24). The first-order valence-corrected chi connectivity index (χ1v) is 8.38. The van der Waals surface area contributed by atoms with E-state index in [1.165, 1.54) is 23.5 Å². The monoisotopic (exact) mass is 354 g/mol. The Morgan fingerprint density at radius 2 is 1.64 bits per heavy atom. The maximum atomic E-state index is 13.0. The van der Waals surface area contributed by atoms with Gasteiger partial charge in [-0.05, 0) is 48.9 Å². The molecular formula is C19H15FN2O2S. The lowest BCUT2D eigenvalue weighted by Crippen LogP contribution is -2.41. The van der Waals surface area contributed by atoms with Crippen LogP contribution in [0.4, 0.5) is 4.39 Å². The third-order valence-corrected chi connectivity index (χ3v) is 4.66. The summed E-state index contributed by atoms with van der Waals surface area (Å²) in [6.07, 6.45) is 0. The summed E-state index contributed by atoms with van der Waals surface area (Å²) in [4.78, 5) is 25.5. The highest BCUT2D eigenvalue weighted by atomic mass is 32.1. The zero-order valence-electron chi connectivity index (χ0n) is 13.4. The average Bonchev–Trinajstić information content (AvgIpc) is 3.10. The van der Waals surface area contributed by atoms with E-state index in [-0.39, 0.29) is 11.7 Å². The molecule has 0 aliphatic heterocycles. The van der Waals surface area contributed by atoms with Crippen LogP contribution in [0, 0.1) is 12.7 Å². The van der Waals surface area contributed by atoms with Gasteiger partial charge in [0, 0.05) is 10.4 Å². The molecule has 1 heterocycles. The highest BCUT2D eigenvalue weighted by Gasteiger charge is 2.12. The highest BCUT2D eigenvalue weighted by molar-refractivity contribution is 7.17. The number of hydrogen-bond acceptors (Lipinski definition) is 3. The number of carbonyl (C=O) groups is 2. The number of aryl methyl sites for hydroxylation is 1. The van der Waals surface area contributed by atoms with Crippen LogP contribution in [-0.4, -0.2) is 11.8 Å². The molecule has 4 nitrogen and oxygen atoms in total. The fraction of sp³-hybridized carbons (Fsp3) is 0.0526. The van der Waals surface area contributed by atoms with Gasteiger partial charge in [-0.2, -0.15) is 0 Å². The topological polar surface area (TPSA) is 58.2 Å². The lowest BCUT2D eigenvalue weighted by Gasteiger charge is -2.06. The third kappa shape index (κ3) is 4.10. The predicted molar refractivity (Wildman–Crippen MR) is 95.8 cm³/mol. The summed E-state index contributed by atoms with van der Waals surface area (Å²) >= 11 is 1.26. The van der Waals surface area contributed by atoms with E-state index in [1.807, 2.05) is 13.0 Å². The minimum Gasteiger partial charge on any atom is -0.267 e. The number of hydrazine groups is 1. The van der Waals surface area contributed by atoms with E-state index in [2.05, 4.69) is 10.9 Å². The molecule has 6 heteroatoms. The number of benzene rings is 2. The molecule has 0 aliphatic carbocycles. The Bertz CT molecular complexity index is 919. The molecule has 0 saturated heterocycles. The van der Waals surface area contributed by atoms with Crippen molar-refractivity contribution in [2.24, 2.45) is 0 Å². The van der Waals surface area contributed by atoms with Crippen LogP contribution in [0.3, 0.4) is 0 Å². The molecule has 25 heavy (non-hydrogen) atoms. The number of nitrogens with one attached hydrogen (secondary N) is 2. The third-order valence-electron chi connectivity index (χ3n) is 3.53. The Hall–Kier alpha value is -2.99. The lowest BCUT2D eigenvalue weighted by molar-refractivity contribution is 0.0849. The molecular weight excluding hydrogens is 339 g/mol. The van der Waals surface area contributed by atoms with Gasteiger partial charge in [-0.15, -0.1) is 11.3 Å². The van der Waals surface area contributed by atoms with Gasteiger partial charge in [0.05, 0.1) is 4.88 Å². The second-order valence-electron chi connectivity index (χ2n) is 5.45. The second-order valence-corrected chi connectivity index (χ2v) is 6.53. The largest absolute Gasteiger partial charge is 0.279 e. The molecule has 0 spiro atoms. The molecule has 3 rings (SSSR count). The summed E-state index contributed by atoms with van der Waals surface area (Å²) in [6, 6.07) is 16.6. The van der Waals surface area contributed by atoms with Crippen molar-refractivity contribution in [1.82, 2.24) is 10.9 Å². The van der Waals surface area contributed by atoms with Crippen LogP contribution in [0.2, 0.25) is 0 Å². The van der Waals surface area contributed by atoms with Crippen LogP contribution in [0.15, 0.2) is 60.7 Å². The van der Waals surface area contributed by atoms with Crippen LogP contribution in [0.25, 0.3) is 10.4 Å². The zero-order valence-corrected chi connectivity index (χ0v) is 14.2. The first-order valence-electron chi connectivity index (χ1n) is 7.56. The van der Waals surface area contributed by atoms with Crippen molar-refractivity contribution in [3.63, 3.8) is 0 Å². The molecule has 0 fully saturated rings. The van der Waals surface area contributed by atoms with Gasteiger partial charge < -0.3 is 0 Å². The van der Waals surface area contributed by atoms with E-state index < -0.39 is 5.91 Å². The van der Waals surface area contributed by atoms with Crippen molar-refractivity contribution >= 4 is 23.2 Å². The molecule has 0 saturated carbocycles. The van der Waals surface area contributed by atoms with Gasteiger partial charge in [-0.1, -0.05) is 29.8 Å². The smallest absolute Gasteiger partial charge is 0.267 e. The number of carbonyl (C=O) groups excluding carboxylic acids is 2. The molecule has 0 unspecified atom stereocenters. The fourth-order valence-electron chi connectivity index (χ4n) is 2.26. The summed E-state index contributed by atoms with van der Waals surface area (Å²) in [5.74, 6) is -1.09. The SMILES string of the molecule is Cc1cccc(C(=O)NNC(=O)c2ccc(-c3ccc(F)cc3)s2)c1. The van der Waals surface area contributed by atoms with Gasteiger partial charge in [0.15, 0.2) is 0 Å². The molecule has 0 bridgehead atoms. The fourth-order valence-corrected chi connectivity index (χ4v) is 3.17. The van der Waals surface area contributed by atoms with Gasteiger partial charge in [0.25, 0.3) is 11.8 Å². The van der Waals surface area contributed by atoms with Gasteiger partial charge in [0.2, 0.25) is 0 Å². The van der Waals surface area contributed by atoms with Crippen LogP contribution < -0.4 is 10.9 Å². The molecule has 126 valence electrons. The van der Waals surface area contributed by atoms with Crippen molar-refractivity contribution in [2.45, 2.75) is 6.92 Å². The number of thiophene rings is 1. The molecule has 2 amide bonds. The van der Waals surface area contributed by atoms with E-state index in [9.17, 15) is 14.0 Å².